The molecule has 2 heteroatoms. The Balaban J connectivity index is 1.72. The molecular weight excluding hydrogens is 321 g/mol. The molecule has 1 nitrogen and oxygen atoms in total. The highest BCUT2D eigenvalue weighted by molar-refractivity contribution is 7.73. The van der Waals surface area contributed by atoms with Crippen molar-refractivity contribution in [2.45, 2.75) is 13.8 Å². The van der Waals surface area contributed by atoms with Crippen LogP contribution >= 0.6 is 7.92 Å². The molecule has 3 rings (SSSR count). The monoisotopic (exact) mass is 345 g/mol. The minimum absolute atomic E-state index is 0.358. The van der Waals surface area contributed by atoms with Crippen LogP contribution in [0.4, 0.5) is 0 Å². The minimum atomic E-state index is -0.358. The fourth-order valence-electron chi connectivity index (χ4n) is 3.04. The average molecular weight is 345 g/mol. The smallest absolute Gasteiger partial charge is 0.0434 e. The van der Waals surface area contributed by atoms with E-state index in [0.29, 0.717) is 0 Å². The molecule has 0 aliphatic carbocycles. The Kier molecular flexibility index (Phi) is 6.14. The maximum atomic E-state index is 4.71. The van der Waals surface area contributed by atoms with Gasteiger partial charge in [-0.1, -0.05) is 90.0 Å². The summed E-state index contributed by atoms with van der Waals surface area (Å²) in [6.07, 6.45) is 3.09. The van der Waals surface area contributed by atoms with E-state index in [0.717, 1.165) is 12.7 Å². The fraction of sp³-hybridized carbons (Fsp3) is 0.174. The van der Waals surface area contributed by atoms with Crippen molar-refractivity contribution < 1.29 is 0 Å². The van der Waals surface area contributed by atoms with Gasteiger partial charge in [0, 0.05) is 12.8 Å². The molecule has 0 spiro atoms. The van der Waals surface area contributed by atoms with Crippen molar-refractivity contribution >= 4 is 24.7 Å². The number of hydrogen-bond acceptors (Lipinski definition) is 1. The first-order valence-corrected chi connectivity index (χ1v) is 10.2. The Morgan fingerprint density at radius 2 is 1.28 bits per heavy atom. The standard InChI is InChI=1S/C23H24NP/c1-19-15-20(2)17-21(16-19)18-24-13-14-25(22-9-5-3-6-10-22)23-11-7-4-8-12-23/h3-12,15-18H,13-14H2,1-2H3/b24-18+. The third kappa shape index (κ3) is 5.11. The van der Waals surface area contributed by atoms with Crippen LogP contribution in [0.1, 0.15) is 16.7 Å². The number of hydrogen-bond donors (Lipinski definition) is 0. The van der Waals surface area contributed by atoms with Gasteiger partial charge in [0.15, 0.2) is 0 Å². The zero-order chi connectivity index (χ0) is 17.5. The average Bonchev–Trinajstić information content (AvgIpc) is 2.62. The topological polar surface area (TPSA) is 12.4 Å². The predicted molar refractivity (Wildman–Crippen MR) is 112 cm³/mol. The van der Waals surface area contributed by atoms with Crippen LogP contribution in [0.25, 0.3) is 0 Å². The SMILES string of the molecule is Cc1cc(C)cc(/C=N/CCP(c2ccccc2)c2ccccc2)c1. The summed E-state index contributed by atoms with van der Waals surface area (Å²) in [6, 6.07) is 28.2. The molecule has 0 heterocycles. The van der Waals surface area contributed by atoms with E-state index in [2.05, 4.69) is 92.7 Å². The number of aryl methyl sites for hydroxylation is 2. The van der Waals surface area contributed by atoms with Gasteiger partial charge in [0.1, 0.15) is 0 Å². The van der Waals surface area contributed by atoms with Gasteiger partial charge in [-0.25, -0.2) is 0 Å². The molecule has 0 saturated heterocycles. The second kappa shape index (κ2) is 8.74. The van der Waals surface area contributed by atoms with Crippen molar-refractivity contribution in [3.63, 3.8) is 0 Å². The molecule has 0 aromatic heterocycles. The van der Waals surface area contributed by atoms with Crippen molar-refractivity contribution in [1.82, 2.24) is 0 Å². The van der Waals surface area contributed by atoms with Gasteiger partial charge in [0.25, 0.3) is 0 Å². The van der Waals surface area contributed by atoms with Crippen molar-refractivity contribution in [2.75, 3.05) is 12.7 Å². The van der Waals surface area contributed by atoms with Crippen LogP contribution in [-0.4, -0.2) is 18.9 Å². The second-order valence-corrected chi connectivity index (χ2v) is 8.62. The lowest BCUT2D eigenvalue weighted by molar-refractivity contribution is 1.15. The van der Waals surface area contributed by atoms with E-state index in [9.17, 15) is 0 Å². The number of benzene rings is 3. The number of aliphatic imine (C=N–C) groups is 1. The summed E-state index contributed by atoms with van der Waals surface area (Å²) >= 11 is 0. The van der Waals surface area contributed by atoms with Gasteiger partial charge in [-0.15, -0.1) is 0 Å². The Hall–Kier alpha value is -2.24. The summed E-state index contributed by atoms with van der Waals surface area (Å²) in [7, 11) is -0.358. The Bertz CT molecular complexity index is 765. The van der Waals surface area contributed by atoms with Crippen LogP contribution in [0.15, 0.2) is 83.9 Å². The molecule has 126 valence electrons. The summed E-state index contributed by atoms with van der Waals surface area (Å²) in [4.78, 5) is 4.71. The van der Waals surface area contributed by atoms with Gasteiger partial charge in [-0.05, 0) is 44.1 Å². The van der Waals surface area contributed by atoms with Crippen molar-refractivity contribution in [3.05, 3.63) is 95.6 Å². The van der Waals surface area contributed by atoms with Gasteiger partial charge in [0.05, 0.1) is 0 Å². The van der Waals surface area contributed by atoms with Gasteiger partial charge in [-0.2, -0.15) is 0 Å². The third-order valence-corrected chi connectivity index (χ3v) is 6.56. The number of nitrogens with zero attached hydrogens (tertiary/aromatic N) is 1. The van der Waals surface area contributed by atoms with Crippen LogP contribution in [0.5, 0.6) is 0 Å². The maximum absolute atomic E-state index is 4.71. The molecule has 0 aliphatic rings. The summed E-state index contributed by atoms with van der Waals surface area (Å²) in [5, 5.41) is 2.84. The van der Waals surface area contributed by atoms with E-state index in [1.807, 2.05) is 6.21 Å². The highest BCUT2D eigenvalue weighted by atomic mass is 31.1. The molecule has 0 aliphatic heterocycles. The quantitative estimate of drug-likeness (QED) is 0.447. The van der Waals surface area contributed by atoms with Crippen LogP contribution in [-0.2, 0) is 0 Å². The molecule has 0 saturated carbocycles. The van der Waals surface area contributed by atoms with Crippen molar-refractivity contribution in [2.24, 2.45) is 4.99 Å². The Morgan fingerprint density at radius 1 is 0.760 bits per heavy atom. The minimum Gasteiger partial charge on any atom is -0.292 e. The Morgan fingerprint density at radius 3 is 1.80 bits per heavy atom. The zero-order valence-corrected chi connectivity index (χ0v) is 15.8. The van der Waals surface area contributed by atoms with Crippen molar-refractivity contribution in [1.29, 1.82) is 0 Å². The molecule has 0 unspecified atom stereocenters. The van der Waals surface area contributed by atoms with E-state index in [4.69, 9.17) is 4.99 Å². The van der Waals surface area contributed by atoms with E-state index in [-0.39, 0.29) is 7.92 Å². The van der Waals surface area contributed by atoms with E-state index in [1.165, 1.54) is 27.3 Å². The molecule has 0 bridgehead atoms. The maximum Gasteiger partial charge on any atom is 0.0434 e. The molecular formula is C23H24NP. The van der Waals surface area contributed by atoms with Crippen LogP contribution in [0.2, 0.25) is 0 Å². The van der Waals surface area contributed by atoms with Gasteiger partial charge < -0.3 is 0 Å². The molecule has 0 fully saturated rings. The summed E-state index contributed by atoms with van der Waals surface area (Å²) in [5.41, 5.74) is 3.77. The lowest BCUT2D eigenvalue weighted by Gasteiger charge is -2.17. The summed E-state index contributed by atoms with van der Waals surface area (Å²) in [5.74, 6) is 0. The molecule has 0 atom stereocenters. The van der Waals surface area contributed by atoms with E-state index >= 15 is 0 Å². The largest absolute Gasteiger partial charge is 0.292 e. The molecule has 25 heavy (non-hydrogen) atoms. The first-order chi connectivity index (χ1) is 12.2. The normalized spacial score (nSPS) is 11.3. The number of rotatable bonds is 6. The lowest BCUT2D eigenvalue weighted by Crippen LogP contribution is -2.15. The van der Waals surface area contributed by atoms with E-state index < -0.39 is 0 Å². The summed E-state index contributed by atoms with van der Waals surface area (Å²) in [6.45, 7) is 5.12. The predicted octanol–water partition coefficient (Wildman–Crippen LogP) is 4.86. The second-order valence-electron chi connectivity index (χ2n) is 6.28. The highest BCUT2D eigenvalue weighted by Crippen LogP contribution is 2.32. The molecule has 3 aromatic rings. The zero-order valence-electron chi connectivity index (χ0n) is 14.9. The molecule has 0 radical (unpaired) electrons. The first kappa shape index (κ1) is 17.6. The van der Waals surface area contributed by atoms with Gasteiger partial charge >= 0.3 is 0 Å². The molecule has 0 N–H and O–H groups in total. The van der Waals surface area contributed by atoms with Crippen LogP contribution in [0, 0.1) is 13.8 Å². The molecule has 0 amide bonds. The summed E-state index contributed by atoms with van der Waals surface area (Å²) < 4.78 is 0. The van der Waals surface area contributed by atoms with Gasteiger partial charge in [-0.3, -0.25) is 4.99 Å². The van der Waals surface area contributed by atoms with Crippen LogP contribution < -0.4 is 10.6 Å². The van der Waals surface area contributed by atoms with Crippen LogP contribution in [0.3, 0.4) is 0 Å². The third-order valence-electron chi connectivity index (χ3n) is 4.07. The highest BCUT2D eigenvalue weighted by Gasteiger charge is 2.12. The fourth-order valence-corrected chi connectivity index (χ4v) is 5.23. The first-order valence-electron chi connectivity index (χ1n) is 8.68. The van der Waals surface area contributed by atoms with E-state index in [1.54, 1.807) is 0 Å². The van der Waals surface area contributed by atoms with Gasteiger partial charge in [0.2, 0.25) is 0 Å². The molecule has 3 aromatic carbocycles. The lowest BCUT2D eigenvalue weighted by atomic mass is 10.1. The Labute approximate surface area is 152 Å². The van der Waals surface area contributed by atoms with Crippen molar-refractivity contribution in [3.8, 4) is 0 Å².